The van der Waals surface area contributed by atoms with Gasteiger partial charge in [-0.1, -0.05) is 54.9 Å². The number of hydrogen-bond acceptors (Lipinski definition) is 3. The molecule has 31 heavy (non-hydrogen) atoms. The van der Waals surface area contributed by atoms with Gasteiger partial charge in [0, 0.05) is 22.0 Å². The molecule has 4 rings (SSSR count). The number of carbonyl (C=O) groups excluding carboxylic acids is 1. The van der Waals surface area contributed by atoms with Gasteiger partial charge in [0.2, 0.25) is 9.76 Å². The molecule has 1 unspecified atom stereocenters. The van der Waals surface area contributed by atoms with Crippen LogP contribution < -0.4 is 4.90 Å². The monoisotopic (exact) mass is 499 g/mol. The quantitative estimate of drug-likeness (QED) is 0.518. The first kappa shape index (κ1) is 22.7. The van der Waals surface area contributed by atoms with E-state index in [0.717, 1.165) is 15.6 Å². The third-order valence-corrected chi connectivity index (χ3v) is 7.68. The van der Waals surface area contributed by atoms with E-state index in [1.54, 1.807) is 0 Å². The number of nitrogens with zero attached hydrogens (tertiary/aromatic N) is 1. The maximum Gasteiger partial charge on any atom is 0.260 e. The van der Waals surface area contributed by atoms with Gasteiger partial charge >= 0.3 is 0 Å². The van der Waals surface area contributed by atoms with E-state index in [-0.39, 0.29) is 10.9 Å². The SMILES string of the molecule is CC(C)(C)[Si]OC(C)(C)c1c(Br)cccc1N1C(=O)c2ccc(C3CC3)cc2CC1O. The molecule has 2 aromatic rings. The molecular formula is C25H30BrNO3Si. The predicted molar refractivity (Wildman–Crippen MR) is 129 cm³/mol. The molecule has 0 spiro atoms. The van der Waals surface area contributed by atoms with Crippen LogP contribution >= 0.6 is 15.9 Å². The van der Waals surface area contributed by atoms with Gasteiger partial charge in [-0.15, -0.1) is 0 Å². The Bertz CT molecular complexity index is 1010. The van der Waals surface area contributed by atoms with Crippen molar-refractivity contribution < 1.29 is 14.3 Å². The first-order chi connectivity index (χ1) is 14.5. The van der Waals surface area contributed by atoms with Crippen LogP contribution in [0, 0.1) is 0 Å². The van der Waals surface area contributed by atoms with Gasteiger partial charge in [0.15, 0.2) is 0 Å². The Morgan fingerprint density at radius 3 is 2.48 bits per heavy atom. The van der Waals surface area contributed by atoms with Crippen LogP contribution in [0.1, 0.15) is 80.4 Å². The molecule has 1 amide bonds. The minimum absolute atomic E-state index is 0.0390. The standard InChI is InChI=1S/C25H30BrNO3Si/c1-24(2,3)31-30-25(4,5)22-19(26)7-6-8-20(22)27-21(28)14-17-13-16(15-9-10-15)11-12-18(17)23(27)29/h6-8,11-13,15,21,28H,9-10,14H2,1-5H3. The summed E-state index contributed by atoms with van der Waals surface area (Å²) in [5.41, 5.74) is 3.82. The van der Waals surface area contributed by atoms with Crippen molar-refractivity contribution in [3.05, 3.63) is 63.1 Å². The topological polar surface area (TPSA) is 49.8 Å². The fourth-order valence-corrected chi connectivity index (χ4v) is 5.62. The largest absolute Gasteiger partial charge is 0.408 e. The molecule has 6 heteroatoms. The second kappa shape index (κ2) is 8.14. The molecule has 2 radical (unpaired) electrons. The summed E-state index contributed by atoms with van der Waals surface area (Å²) in [6.45, 7) is 10.5. The maximum absolute atomic E-state index is 13.5. The van der Waals surface area contributed by atoms with E-state index in [9.17, 15) is 9.90 Å². The summed E-state index contributed by atoms with van der Waals surface area (Å²) in [6.07, 6.45) is 1.95. The van der Waals surface area contributed by atoms with Gasteiger partial charge in [0.1, 0.15) is 6.23 Å². The third kappa shape index (κ3) is 4.68. The van der Waals surface area contributed by atoms with E-state index >= 15 is 0 Å². The number of halogens is 1. The Hall–Kier alpha value is -1.47. The van der Waals surface area contributed by atoms with E-state index in [2.05, 4.69) is 48.8 Å². The zero-order chi connectivity index (χ0) is 22.6. The van der Waals surface area contributed by atoms with Gasteiger partial charge in [0.25, 0.3) is 5.91 Å². The summed E-state index contributed by atoms with van der Waals surface area (Å²) >= 11 is 3.68. The predicted octanol–water partition coefficient (Wildman–Crippen LogP) is 5.94. The average Bonchev–Trinajstić information content (AvgIpc) is 3.51. The van der Waals surface area contributed by atoms with E-state index in [1.807, 2.05) is 38.1 Å². The minimum atomic E-state index is -0.914. The molecule has 0 bridgehead atoms. The number of amides is 1. The van der Waals surface area contributed by atoms with Crippen molar-refractivity contribution in [2.75, 3.05) is 4.90 Å². The number of aliphatic hydroxyl groups is 1. The molecule has 4 nitrogen and oxygen atoms in total. The maximum atomic E-state index is 13.5. The van der Waals surface area contributed by atoms with Crippen LogP contribution in [0.15, 0.2) is 40.9 Å². The first-order valence-corrected chi connectivity index (χ1v) is 12.6. The van der Waals surface area contributed by atoms with Crippen LogP contribution in [-0.2, 0) is 16.4 Å². The smallest absolute Gasteiger partial charge is 0.260 e. The van der Waals surface area contributed by atoms with E-state index in [4.69, 9.17) is 4.43 Å². The zero-order valence-electron chi connectivity index (χ0n) is 18.8. The number of hydrogen-bond donors (Lipinski definition) is 1. The fraction of sp³-hybridized carbons (Fsp3) is 0.480. The summed E-state index contributed by atoms with van der Waals surface area (Å²) in [5, 5.41) is 11.1. The van der Waals surface area contributed by atoms with Crippen molar-refractivity contribution in [3.63, 3.8) is 0 Å². The van der Waals surface area contributed by atoms with Crippen LogP contribution in [0.2, 0.25) is 5.04 Å². The summed E-state index contributed by atoms with van der Waals surface area (Å²) in [4.78, 5) is 15.1. The Morgan fingerprint density at radius 1 is 1.13 bits per heavy atom. The van der Waals surface area contributed by atoms with E-state index in [0.29, 0.717) is 33.4 Å². The molecule has 1 aliphatic heterocycles. The van der Waals surface area contributed by atoms with Crippen LogP contribution in [-0.4, -0.2) is 27.0 Å². The van der Waals surface area contributed by atoms with Crippen molar-refractivity contribution in [1.82, 2.24) is 0 Å². The summed E-state index contributed by atoms with van der Waals surface area (Å²) < 4.78 is 7.22. The molecular weight excluding hydrogens is 470 g/mol. The normalized spacial score (nSPS) is 19.5. The Morgan fingerprint density at radius 2 is 1.84 bits per heavy atom. The molecule has 0 aromatic heterocycles. The highest BCUT2D eigenvalue weighted by atomic mass is 79.9. The summed E-state index contributed by atoms with van der Waals surface area (Å²) in [5.74, 6) is 0.457. The molecule has 1 heterocycles. The highest BCUT2D eigenvalue weighted by Gasteiger charge is 2.38. The lowest BCUT2D eigenvalue weighted by Crippen LogP contribution is -2.47. The van der Waals surface area contributed by atoms with Gasteiger partial charge in [-0.2, -0.15) is 0 Å². The van der Waals surface area contributed by atoms with Crippen molar-refractivity contribution in [2.24, 2.45) is 0 Å². The lowest BCUT2D eigenvalue weighted by atomic mass is 9.91. The Balaban J connectivity index is 1.72. The lowest BCUT2D eigenvalue weighted by Gasteiger charge is -2.38. The molecule has 0 saturated heterocycles. The van der Waals surface area contributed by atoms with Gasteiger partial charge in [0.05, 0.1) is 11.3 Å². The zero-order valence-corrected chi connectivity index (χ0v) is 21.4. The van der Waals surface area contributed by atoms with Crippen molar-refractivity contribution in [3.8, 4) is 0 Å². The molecule has 1 fully saturated rings. The third-order valence-electron chi connectivity index (χ3n) is 5.79. The molecule has 1 N–H and O–H groups in total. The van der Waals surface area contributed by atoms with E-state index < -0.39 is 11.8 Å². The molecule has 1 aliphatic carbocycles. The Kier molecular flexibility index (Phi) is 5.96. The lowest BCUT2D eigenvalue weighted by molar-refractivity contribution is 0.0848. The average molecular weight is 501 g/mol. The Labute approximate surface area is 196 Å². The molecule has 164 valence electrons. The van der Waals surface area contributed by atoms with Gasteiger partial charge in [-0.25, -0.2) is 0 Å². The van der Waals surface area contributed by atoms with Gasteiger partial charge in [-0.3, -0.25) is 9.69 Å². The molecule has 2 aromatic carbocycles. The second-order valence-corrected chi connectivity index (χ2v) is 12.9. The van der Waals surface area contributed by atoms with Crippen LogP contribution in [0.5, 0.6) is 0 Å². The number of anilines is 1. The highest BCUT2D eigenvalue weighted by Crippen LogP contribution is 2.44. The van der Waals surface area contributed by atoms with Crippen molar-refractivity contribution in [2.45, 2.75) is 76.7 Å². The highest BCUT2D eigenvalue weighted by molar-refractivity contribution is 9.10. The number of benzene rings is 2. The van der Waals surface area contributed by atoms with Crippen LogP contribution in [0.25, 0.3) is 0 Å². The van der Waals surface area contributed by atoms with Gasteiger partial charge in [-0.05, 0) is 67.0 Å². The van der Waals surface area contributed by atoms with Crippen molar-refractivity contribution in [1.29, 1.82) is 0 Å². The second-order valence-electron chi connectivity index (χ2n) is 10.1. The van der Waals surface area contributed by atoms with Crippen molar-refractivity contribution >= 4 is 37.3 Å². The number of fused-ring (bicyclic) bond motifs is 1. The van der Waals surface area contributed by atoms with Gasteiger partial charge < -0.3 is 9.53 Å². The molecule has 2 aliphatic rings. The molecule has 1 atom stereocenters. The fourth-order valence-electron chi connectivity index (χ4n) is 4.13. The van der Waals surface area contributed by atoms with Crippen LogP contribution in [0.4, 0.5) is 5.69 Å². The number of rotatable bonds is 5. The van der Waals surface area contributed by atoms with Crippen LogP contribution in [0.3, 0.4) is 0 Å². The minimum Gasteiger partial charge on any atom is -0.408 e. The van der Waals surface area contributed by atoms with E-state index in [1.165, 1.54) is 23.3 Å². The summed E-state index contributed by atoms with van der Waals surface area (Å²) in [7, 11) is 0.294. The first-order valence-electron chi connectivity index (χ1n) is 10.9. The number of carbonyl (C=O) groups is 1. The summed E-state index contributed by atoms with van der Waals surface area (Å²) in [6, 6.07) is 11.9. The number of aliphatic hydroxyl groups excluding tert-OH is 1. The molecule has 1 saturated carbocycles.